The number of carbonyl (C=O) groups excluding carboxylic acids is 1. The number of amides is 1. The number of halogens is 2. The van der Waals surface area contributed by atoms with Gasteiger partial charge in [0.2, 0.25) is 0 Å². The van der Waals surface area contributed by atoms with Crippen LogP contribution in [-0.2, 0) is 14.3 Å². The van der Waals surface area contributed by atoms with Gasteiger partial charge in [0.05, 0.1) is 24.6 Å². The first-order valence-electron chi connectivity index (χ1n) is 10.2. The number of aliphatic carboxylic acids is 1. The molecule has 1 amide bonds. The van der Waals surface area contributed by atoms with Crippen LogP contribution in [0.15, 0.2) is 48.5 Å². The molecule has 0 unspecified atom stereocenters. The van der Waals surface area contributed by atoms with Crippen LogP contribution < -0.4 is 4.90 Å². The quantitative estimate of drug-likeness (QED) is 0.562. The van der Waals surface area contributed by atoms with Crippen molar-refractivity contribution >= 4 is 35.0 Å². The van der Waals surface area contributed by atoms with Gasteiger partial charge in [-0.15, -0.1) is 0 Å². The Morgan fingerprint density at radius 2 is 1.65 bits per heavy atom. The summed E-state index contributed by atoms with van der Waals surface area (Å²) in [5, 5.41) is 9.11. The molecule has 0 aliphatic heterocycles. The Labute approximate surface area is 185 Å². The molecule has 0 aromatic heterocycles. The molecule has 8 heteroatoms. The van der Waals surface area contributed by atoms with Gasteiger partial charge in [0, 0.05) is 5.02 Å². The monoisotopic (exact) mass is 449 g/mol. The number of ether oxygens (including phenoxy) is 2. The second kappa shape index (κ2) is 11.1. The minimum Gasteiger partial charge on any atom is -0.480 e. The fourth-order valence-corrected chi connectivity index (χ4v) is 3.88. The van der Waals surface area contributed by atoms with Crippen LogP contribution in [0, 0.1) is 17.7 Å². The highest BCUT2D eigenvalue weighted by Crippen LogP contribution is 2.31. The molecule has 1 aliphatic rings. The molecule has 2 aromatic rings. The van der Waals surface area contributed by atoms with Gasteiger partial charge in [-0.05, 0) is 80.0 Å². The first kappa shape index (κ1) is 23.0. The SMILES string of the molecule is O=C(O)COC[C@H]1CC[C@H](COC(=O)N(c2ccc(F)cc2)c2cccc(Cl)c2)CC1. The highest BCUT2D eigenvalue weighted by atomic mass is 35.5. The van der Waals surface area contributed by atoms with Crippen molar-refractivity contribution in [2.75, 3.05) is 24.7 Å². The van der Waals surface area contributed by atoms with Crippen LogP contribution in [0.25, 0.3) is 0 Å². The standard InChI is InChI=1S/C23H25ClFNO5/c24-18-2-1-3-21(12-18)26(20-10-8-19(25)9-11-20)23(29)31-14-17-6-4-16(5-7-17)13-30-15-22(27)28/h1-3,8-12,16-17H,4-7,13-15H2,(H,27,28)/t16-,17-. The largest absolute Gasteiger partial charge is 0.480 e. The third-order valence-electron chi connectivity index (χ3n) is 5.32. The van der Waals surface area contributed by atoms with E-state index in [2.05, 4.69) is 0 Å². The highest BCUT2D eigenvalue weighted by molar-refractivity contribution is 6.31. The predicted molar refractivity (Wildman–Crippen MR) is 115 cm³/mol. The average molecular weight is 450 g/mol. The summed E-state index contributed by atoms with van der Waals surface area (Å²) in [5.41, 5.74) is 1.01. The van der Waals surface area contributed by atoms with Gasteiger partial charge in [-0.3, -0.25) is 0 Å². The van der Waals surface area contributed by atoms with Crippen LogP contribution >= 0.6 is 11.6 Å². The molecule has 0 bridgehead atoms. The van der Waals surface area contributed by atoms with Crippen molar-refractivity contribution in [3.05, 3.63) is 59.4 Å². The van der Waals surface area contributed by atoms with Crippen LogP contribution in [0.4, 0.5) is 20.6 Å². The summed E-state index contributed by atoms with van der Waals surface area (Å²) >= 11 is 6.09. The van der Waals surface area contributed by atoms with Gasteiger partial charge in [-0.1, -0.05) is 17.7 Å². The fourth-order valence-electron chi connectivity index (χ4n) is 3.70. The van der Waals surface area contributed by atoms with E-state index < -0.39 is 17.9 Å². The maximum absolute atomic E-state index is 13.4. The Kier molecular flexibility index (Phi) is 8.26. The lowest BCUT2D eigenvalue weighted by Crippen LogP contribution is -2.30. The molecule has 6 nitrogen and oxygen atoms in total. The molecule has 1 saturated carbocycles. The molecule has 166 valence electrons. The van der Waals surface area contributed by atoms with Gasteiger partial charge >= 0.3 is 12.1 Å². The lowest BCUT2D eigenvalue weighted by atomic mass is 9.83. The second-order valence-electron chi connectivity index (χ2n) is 7.66. The zero-order valence-corrected chi connectivity index (χ0v) is 17.8. The van der Waals surface area contributed by atoms with Crippen molar-refractivity contribution < 1.29 is 28.6 Å². The summed E-state index contributed by atoms with van der Waals surface area (Å²) in [5.74, 6) is -0.805. The molecule has 2 aromatic carbocycles. The van der Waals surface area contributed by atoms with Crippen molar-refractivity contribution in [1.29, 1.82) is 0 Å². The van der Waals surface area contributed by atoms with E-state index in [0.717, 1.165) is 25.7 Å². The first-order chi connectivity index (χ1) is 14.9. The van der Waals surface area contributed by atoms with E-state index in [4.69, 9.17) is 26.2 Å². The fraction of sp³-hybridized carbons (Fsp3) is 0.391. The Hall–Kier alpha value is -2.64. The van der Waals surface area contributed by atoms with Crippen LogP contribution in [0.5, 0.6) is 0 Å². The van der Waals surface area contributed by atoms with E-state index in [-0.39, 0.29) is 19.1 Å². The number of hydrogen-bond acceptors (Lipinski definition) is 4. The molecule has 0 heterocycles. The van der Waals surface area contributed by atoms with Crippen LogP contribution in [-0.4, -0.2) is 37.0 Å². The summed E-state index contributed by atoms with van der Waals surface area (Å²) in [6.45, 7) is 0.436. The van der Waals surface area contributed by atoms with Crippen LogP contribution in [0.3, 0.4) is 0 Å². The number of anilines is 2. The third kappa shape index (κ3) is 6.94. The molecular formula is C23H25ClFNO5. The number of rotatable bonds is 8. The molecule has 1 N–H and O–H groups in total. The third-order valence-corrected chi connectivity index (χ3v) is 5.56. The van der Waals surface area contributed by atoms with Crippen molar-refractivity contribution in [1.82, 2.24) is 0 Å². The van der Waals surface area contributed by atoms with Crippen molar-refractivity contribution in [2.45, 2.75) is 25.7 Å². The first-order valence-corrected chi connectivity index (χ1v) is 10.6. The number of hydrogen-bond donors (Lipinski definition) is 1. The van der Waals surface area contributed by atoms with Gasteiger partial charge in [0.1, 0.15) is 12.4 Å². The van der Waals surface area contributed by atoms with Gasteiger partial charge in [0.15, 0.2) is 0 Å². The second-order valence-corrected chi connectivity index (χ2v) is 8.10. The maximum Gasteiger partial charge on any atom is 0.418 e. The lowest BCUT2D eigenvalue weighted by Gasteiger charge is -2.29. The van der Waals surface area contributed by atoms with E-state index in [0.29, 0.717) is 28.9 Å². The van der Waals surface area contributed by atoms with Crippen molar-refractivity contribution in [3.63, 3.8) is 0 Å². The summed E-state index contributed by atoms with van der Waals surface area (Å²) in [7, 11) is 0. The zero-order valence-electron chi connectivity index (χ0n) is 17.0. The number of carboxylic acid groups (broad SMARTS) is 1. The van der Waals surface area contributed by atoms with Crippen molar-refractivity contribution in [2.24, 2.45) is 11.8 Å². The lowest BCUT2D eigenvalue weighted by molar-refractivity contribution is -0.142. The van der Waals surface area contributed by atoms with E-state index in [1.54, 1.807) is 24.3 Å². The predicted octanol–water partition coefficient (Wildman–Crippen LogP) is 5.66. The highest BCUT2D eigenvalue weighted by Gasteiger charge is 2.25. The van der Waals surface area contributed by atoms with Crippen molar-refractivity contribution in [3.8, 4) is 0 Å². The number of carboxylic acids is 1. The minimum absolute atomic E-state index is 0.231. The Morgan fingerprint density at radius 1 is 1.00 bits per heavy atom. The molecule has 0 saturated heterocycles. The average Bonchev–Trinajstić information content (AvgIpc) is 2.74. The van der Waals surface area contributed by atoms with Crippen LogP contribution in [0.1, 0.15) is 25.7 Å². The number of benzene rings is 2. The topological polar surface area (TPSA) is 76.1 Å². The normalized spacial score (nSPS) is 18.4. The van der Waals surface area contributed by atoms with Gasteiger partial charge in [-0.25, -0.2) is 18.9 Å². The van der Waals surface area contributed by atoms with Gasteiger partial charge in [-0.2, -0.15) is 0 Å². The maximum atomic E-state index is 13.4. The molecule has 3 rings (SSSR count). The molecule has 31 heavy (non-hydrogen) atoms. The van der Waals surface area contributed by atoms with Gasteiger partial charge < -0.3 is 14.6 Å². The molecule has 1 fully saturated rings. The smallest absolute Gasteiger partial charge is 0.418 e. The van der Waals surface area contributed by atoms with Crippen LogP contribution in [0.2, 0.25) is 5.02 Å². The summed E-state index contributed by atoms with van der Waals surface area (Å²) < 4.78 is 24.2. The minimum atomic E-state index is -0.967. The molecule has 0 radical (unpaired) electrons. The Morgan fingerprint density at radius 3 is 2.26 bits per heavy atom. The number of carbonyl (C=O) groups is 2. The van der Waals surface area contributed by atoms with E-state index in [9.17, 15) is 14.0 Å². The Bertz CT molecular complexity index is 884. The van der Waals surface area contributed by atoms with E-state index in [1.807, 2.05) is 0 Å². The van der Waals surface area contributed by atoms with E-state index >= 15 is 0 Å². The molecule has 1 aliphatic carbocycles. The van der Waals surface area contributed by atoms with Gasteiger partial charge in [0.25, 0.3) is 0 Å². The summed E-state index contributed by atoms with van der Waals surface area (Å²) in [6, 6.07) is 12.4. The number of nitrogens with zero attached hydrogens (tertiary/aromatic N) is 1. The summed E-state index contributed by atoms with van der Waals surface area (Å²) in [4.78, 5) is 24.8. The summed E-state index contributed by atoms with van der Waals surface area (Å²) in [6.07, 6.45) is 3.00. The molecular weight excluding hydrogens is 425 g/mol. The van der Waals surface area contributed by atoms with E-state index in [1.165, 1.54) is 29.2 Å². The zero-order chi connectivity index (χ0) is 22.2. The Balaban J connectivity index is 1.57. The molecule has 0 atom stereocenters. The molecule has 0 spiro atoms.